The van der Waals surface area contributed by atoms with E-state index in [0.29, 0.717) is 12.8 Å². The lowest BCUT2D eigenvalue weighted by Crippen LogP contribution is -2.40. The zero-order valence-corrected chi connectivity index (χ0v) is 10.6. The lowest BCUT2D eigenvalue weighted by Gasteiger charge is -2.26. The van der Waals surface area contributed by atoms with Crippen molar-refractivity contribution in [2.24, 2.45) is 0 Å². The van der Waals surface area contributed by atoms with Crippen molar-refractivity contribution in [1.82, 2.24) is 9.88 Å². The summed E-state index contributed by atoms with van der Waals surface area (Å²) in [5, 5.41) is 21.2. The first kappa shape index (κ1) is 13.6. The van der Waals surface area contributed by atoms with E-state index in [9.17, 15) is 14.7 Å². The summed E-state index contributed by atoms with van der Waals surface area (Å²) in [6, 6.07) is 3.15. The quantitative estimate of drug-likeness (QED) is 0.744. The molecular formula is C13H18N2O4. The smallest absolute Gasteiger partial charge is 0.352 e. The van der Waals surface area contributed by atoms with Crippen molar-refractivity contribution in [3.05, 3.63) is 24.0 Å². The van der Waals surface area contributed by atoms with Crippen LogP contribution in [0.15, 0.2) is 18.3 Å². The van der Waals surface area contributed by atoms with Gasteiger partial charge in [0.2, 0.25) is 5.91 Å². The first-order valence-corrected chi connectivity index (χ1v) is 6.42. The molecule has 1 saturated carbocycles. The number of aromatic nitrogens is 1. The van der Waals surface area contributed by atoms with Crippen LogP contribution in [0.4, 0.5) is 0 Å². The summed E-state index contributed by atoms with van der Waals surface area (Å²) in [6.45, 7) is 0.00763. The number of carbonyl (C=O) groups is 2. The minimum absolute atomic E-state index is 0.00763. The van der Waals surface area contributed by atoms with Gasteiger partial charge in [0.15, 0.2) is 0 Å². The summed E-state index contributed by atoms with van der Waals surface area (Å²) in [7, 11) is 0. The Balaban J connectivity index is 1.87. The third-order valence-corrected chi connectivity index (χ3v) is 3.42. The number of aromatic carboxylic acids is 1. The molecule has 1 heterocycles. The van der Waals surface area contributed by atoms with Crippen LogP contribution in [-0.2, 0) is 11.3 Å². The third kappa shape index (κ3) is 3.57. The standard InChI is InChI=1S/C13H18N2O4/c16-10-5-3-9(4-6-10)14-12(17)8-15-7-1-2-11(15)13(18)19/h1-2,7,9-10,16H,3-6,8H2,(H,14,17)(H,18,19). The molecule has 1 aromatic heterocycles. The normalized spacial score (nSPS) is 23.0. The molecule has 19 heavy (non-hydrogen) atoms. The van der Waals surface area contributed by atoms with Gasteiger partial charge >= 0.3 is 5.97 Å². The fourth-order valence-corrected chi connectivity index (χ4v) is 2.39. The van der Waals surface area contributed by atoms with Crippen molar-refractivity contribution in [1.29, 1.82) is 0 Å². The second-order valence-corrected chi connectivity index (χ2v) is 4.90. The third-order valence-electron chi connectivity index (χ3n) is 3.42. The molecule has 1 aromatic rings. The van der Waals surface area contributed by atoms with Gasteiger partial charge in [-0.15, -0.1) is 0 Å². The highest BCUT2D eigenvalue weighted by atomic mass is 16.4. The van der Waals surface area contributed by atoms with Crippen molar-refractivity contribution in [3.63, 3.8) is 0 Å². The highest BCUT2D eigenvalue weighted by molar-refractivity contribution is 5.86. The summed E-state index contributed by atoms with van der Waals surface area (Å²) in [4.78, 5) is 22.8. The second kappa shape index (κ2) is 5.88. The van der Waals surface area contributed by atoms with Crippen LogP contribution in [0.3, 0.4) is 0 Å². The van der Waals surface area contributed by atoms with Crippen LogP contribution in [0.1, 0.15) is 36.2 Å². The zero-order chi connectivity index (χ0) is 13.8. The molecule has 1 amide bonds. The second-order valence-electron chi connectivity index (χ2n) is 4.90. The van der Waals surface area contributed by atoms with Gasteiger partial charge in [0.1, 0.15) is 12.2 Å². The van der Waals surface area contributed by atoms with E-state index < -0.39 is 5.97 Å². The Morgan fingerprint density at radius 2 is 2.00 bits per heavy atom. The molecule has 0 saturated heterocycles. The fraction of sp³-hybridized carbons (Fsp3) is 0.538. The highest BCUT2D eigenvalue weighted by Crippen LogP contribution is 2.18. The Hall–Kier alpha value is -1.82. The molecule has 0 aromatic carbocycles. The number of rotatable bonds is 4. The van der Waals surface area contributed by atoms with E-state index in [-0.39, 0.29) is 30.3 Å². The number of hydrogen-bond donors (Lipinski definition) is 3. The Morgan fingerprint density at radius 1 is 1.32 bits per heavy atom. The van der Waals surface area contributed by atoms with Crippen LogP contribution < -0.4 is 5.32 Å². The molecule has 0 radical (unpaired) electrons. The van der Waals surface area contributed by atoms with E-state index in [4.69, 9.17) is 5.11 Å². The molecule has 6 heteroatoms. The number of nitrogens with one attached hydrogen (secondary N) is 1. The number of hydrogen-bond acceptors (Lipinski definition) is 3. The van der Waals surface area contributed by atoms with E-state index in [1.807, 2.05) is 0 Å². The Bertz CT molecular complexity index is 461. The lowest BCUT2D eigenvalue weighted by atomic mass is 9.93. The van der Waals surface area contributed by atoms with Crippen molar-refractivity contribution >= 4 is 11.9 Å². The van der Waals surface area contributed by atoms with Gasteiger partial charge < -0.3 is 20.1 Å². The SMILES string of the molecule is O=C(Cn1cccc1C(=O)O)NC1CCC(O)CC1. The topological polar surface area (TPSA) is 91.6 Å². The first-order chi connectivity index (χ1) is 9.06. The van der Waals surface area contributed by atoms with Gasteiger partial charge in [0.05, 0.1) is 6.10 Å². The van der Waals surface area contributed by atoms with E-state index in [0.717, 1.165) is 12.8 Å². The van der Waals surface area contributed by atoms with Gasteiger partial charge in [-0.2, -0.15) is 0 Å². The number of nitrogens with zero attached hydrogens (tertiary/aromatic N) is 1. The maximum atomic E-state index is 11.8. The molecule has 1 fully saturated rings. The zero-order valence-electron chi connectivity index (χ0n) is 10.6. The van der Waals surface area contributed by atoms with Gasteiger partial charge in [0, 0.05) is 12.2 Å². The summed E-state index contributed by atoms with van der Waals surface area (Å²) >= 11 is 0. The number of amides is 1. The lowest BCUT2D eigenvalue weighted by molar-refractivity contribution is -0.122. The maximum Gasteiger partial charge on any atom is 0.352 e. The Labute approximate surface area is 111 Å². The van der Waals surface area contributed by atoms with E-state index in [1.54, 1.807) is 12.3 Å². The molecule has 0 spiro atoms. The molecule has 3 N–H and O–H groups in total. The first-order valence-electron chi connectivity index (χ1n) is 6.42. The summed E-state index contributed by atoms with van der Waals surface area (Å²) in [5.41, 5.74) is 0.106. The molecule has 0 aliphatic heterocycles. The van der Waals surface area contributed by atoms with Crippen LogP contribution in [0.5, 0.6) is 0 Å². The molecule has 0 atom stereocenters. The van der Waals surface area contributed by atoms with Crippen molar-refractivity contribution in [3.8, 4) is 0 Å². The predicted octanol–water partition coefficient (Wildman–Crippen LogP) is 0.606. The molecule has 0 bridgehead atoms. The molecule has 104 valence electrons. The van der Waals surface area contributed by atoms with Crippen LogP contribution in [-0.4, -0.2) is 38.8 Å². The predicted molar refractivity (Wildman–Crippen MR) is 67.8 cm³/mol. The highest BCUT2D eigenvalue weighted by Gasteiger charge is 2.21. The van der Waals surface area contributed by atoms with Crippen LogP contribution in [0.25, 0.3) is 0 Å². The van der Waals surface area contributed by atoms with Gasteiger partial charge in [-0.1, -0.05) is 0 Å². The Kier molecular flexibility index (Phi) is 4.21. The van der Waals surface area contributed by atoms with Gasteiger partial charge in [-0.3, -0.25) is 4.79 Å². The summed E-state index contributed by atoms with van der Waals surface area (Å²) in [5.74, 6) is -1.24. The number of carboxylic acid groups (broad SMARTS) is 1. The number of aliphatic hydroxyl groups is 1. The summed E-state index contributed by atoms with van der Waals surface area (Å²) < 4.78 is 1.41. The van der Waals surface area contributed by atoms with E-state index >= 15 is 0 Å². The van der Waals surface area contributed by atoms with Crippen LogP contribution in [0.2, 0.25) is 0 Å². The van der Waals surface area contributed by atoms with E-state index in [1.165, 1.54) is 10.6 Å². The number of carboxylic acids is 1. The largest absolute Gasteiger partial charge is 0.477 e. The monoisotopic (exact) mass is 266 g/mol. The minimum atomic E-state index is -1.04. The van der Waals surface area contributed by atoms with Crippen molar-refractivity contribution in [2.75, 3.05) is 0 Å². The number of aliphatic hydroxyl groups excluding tert-OH is 1. The average Bonchev–Trinajstić information content (AvgIpc) is 2.80. The van der Waals surface area contributed by atoms with Gasteiger partial charge in [0.25, 0.3) is 0 Å². The van der Waals surface area contributed by atoms with Crippen LogP contribution >= 0.6 is 0 Å². The molecule has 1 aliphatic rings. The van der Waals surface area contributed by atoms with E-state index in [2.05, 4.69) is 5.32 Å². The van der Waals surface area contributed by atoms with Gasteiger partial charge in [-0.05, 0) is 37.8 Å². The van der Waals surface area contributed by atoms with Gasteiger partial charge in [-0.25, -0.2) is 4.79 Å². The van der Waals surface area contributed by atoms with Crippen molar-refractivity contribution < 1.29 is 19.8 Å². The Morgan fingerprint density at radius 3 is 2.63 bits per heavy atom. The van der Waals surface area contributed by atoms with Crippen molar-refractivity contribution in [2.45, 2.75) is 44.4 Å². The van der Waals surface area contributed by atoms with Crippen LogP contribution in [0, 0.1) is 0 Å². The average molecular weight is 266 g/mol. The molecule has 1 aliphatic carbocycles. The number of carbonyl (C=O) groups excluding carboxylic acids is 1. The fourth-order valence-electron chi connectivity index (χ4n) is 2.39. The molecular weight excluding hydrogens is 248 g/mol. The minimum Gasteiger partial charge on any atom is -0.477 e. The maximum absolute atomic E-state index is 11.8. The summed E-state index contributed by atoms with van der Waals surface area (Å²) in [6.07, 6.45) is 4.27. The molecule has 6 nitrogen and oxygen atoms in total. The molecule has 2 rings (SSSR count). The molecule has 0 unspecified atom stereocenters.